The number of halogens is 1. The molecule has 0 aliphatic carbocycles. The first-order valence-corrected chi connectivity index (χ1v) is 15.4. The smallest absolute Gasteiger partial charge is 0.241 e. The van der Waals surface area contributed by atoms with E-state index in [0.29, 0.717) is 23.4 Å². The van der Waals surface area contributed by atoms with Crippen molar-refractivity contribution in [1.29, 1.82) is 0 Å². The fourth-order valence-corrected chi connectivity index (χ4v) is 6.46. The van der Waals surface area contributed by atoms with Gasteiger partial charge in [-0.15, -0.1) is 0 Å². The molecule has 0 atom stereocenters. The second kappa shape index (κ2) is 10.6. The van der Waals surface area contributed by atoms with Crippen LogP contribution in [0.15, 0.2) is 146 Å². The van der Waals surface area contributed by atoms with Crippen LogP contribution in [0.2, 0.25) is 5.28 Å². The highest BCUT2D eigenvalue weighted by atomic mass is 35.5. The van der Waals surface area contributed by atoms with Crippen molar-refractivity contribution in [3.8, 4) is 39.7 Å². The fourth-order valence-electron chi connectivity index (χ4n) is 6.31. The van der Waals surface area contributed by atoms with Gasteiger partial charge in [0, 0.05) is 10.8 Å². The van der Waals surface area contributed by atoms with E-state index in [0.717, 1.165) is 55.4 Å². The third kappa shape index (κ3) is 4.30. The number of ether oxygens (including phenoxy) is 1. The number of anilines is 3. The van der Waals surface area contributed by atoms with E-state index >= 15 is 0 Å². The minimum atomic E-state index is 0.0956. The highest BCUT2D eigenvalue weighted by molar-refractivity contribution is 6.28. The molecule has 0 saturated heterocycles. The van der Waals surface area contributed by atoms with Gasteiger partial charge in [-0.05, 0) is 82.4 Å². The SMILES string of the molecule is Clc1nc(N2c3ccccc3Oc3ccccc32)nc(-n2c3ccc(-c4ccccc4)cc3c3cc(-c4ccccc4)ccc32)n1. The van der Waals surface area contributed by atoms with Gasteiger partial charge >= 0.3 is 0 Å². The Labute approximate surface area is 269 Å². The lowest BCUT2D eigenvalue weighted by atomic mass is 10.0. The van der Waals surface area contributed by atoms with Gasteiger partial charge in [0.05, 0.1) is 22.4 Å². The molecule has 1 aliphatic rings. The van der Waals surface area contributed by atoms with Crippen molar-refractivity contribution in [3.63, 3.8) is 0 Å². The van der Waals surface area contributed by atoms with E-state index in [-0.39, 0.29) is 5.28 Å². The number of benzene rings is 6. The summed E-state index contributed by atoms with van der Waals surface area (Å²) in [6, 6.07) is 49.6. The van der Waals surface area contributed by atoms with E-state index in [9.17, 15) is 0 Å². The summed E-state index contributed by atoms with van der Waals surface area (Å²) in [6.45, 7) is 0. The van der Waals surface area contributed by atoms with Crippen molar-refractivity contribution in [3.05, 3.63) is 151 Å². The average molecular weight is 614 g/mol. The highest BCUT2D eigenvalue weighted by Gasteiger charge is 2.28. The standard InChI is InChI=1S/C39H24ClN5O/c40-37-41-38(43-39(42-37)45-33-15-7-9-17-35(33)46-36-18-10-8-16-34(36)45)44-31-21-19-27(25-11-3-1-4-12-25)23-29(31)30-24-28(20-22-32(30)44)26-13-5-2-6-14-26/h1-24H. The predicted molar refractivity (Wildman–Crippen MR) is 185 cm³/mol. The van der Waals surface area contributed by atoms with Gasteiger partial charge in [0.1, 0.15) is 0 Å². The maximum absolute atomic E-state index is 6.72. The molecule has 1 aliphatic heterocycles. The predicted octanol–water partition coefficient (Wildman–Crippen LogP) is 10.5. The molecule has 2 aromatic heterocycles. The monoisotopic (exact) mass is 613 g/mol. The van der Waals surface area contributed by atoms with Crippen molar-refractivity contribution in [2.75, 3.05) is 4.90 Å². The van der Waals surface area contributed by atoms with Gasteiger partial charge < -0.3 is 4.74 Å². The first kappa shape index (κ1) is 26.4. The van der Waals surface area contributed by atoms with Gasteiger partial charge in [0.25, 0.3) is 0 Å². The summed E-state index contributed by atoms with van der Waals surface area (Å²) in [7, 11) is 0. The highest BCUT2D eigenvalue weighted by Crippen LogP contribution is 2.49. The molecule has 6 aromatic carbocycles. The van der Waals surface area contributed by atoms with Crippen LogP contribution in [0.3, 0.4) is 0 Å². The van der Waals surface area contributed by atoms with Crippen LogP contribution in [-0.4, -0.2) is 19.5 Å². The van der Waals surface area contributed by atoms with Crippen molar-refractivity contribution in [2.45, 2.75) is 0 Å². The molecule has 218 valence electrons. The summed E-state index contributed by atoms with van der Waals surface area (Å²) in [4.78, 5) is 16.4. The van der Waals surface area contributed by atoms with Gasteiger partial charge in [-0.3, -0.25) is 9.47 Å². The summed E-state index contributed by atoms with van der Waals surface area (Å²) in [5.74, 6) is 2.24. The maximum atomic E-state index is 6.72. The number of nitrogens with zero attached hydrogens (tertiary/aromatic N) is 5. The van der Waals surface area contributed by atoms with Gasteiger partial charge in [-0.2, -0.15) is 15.0 Å². The van der Waals surface area contributed by atoms with Crippen molar-refractivity contribution >= 4 is 50.7 Å². The van der Waals surface area contributed by atoms with Crippen LogP contribution in [0, 0.1) is 0 Å². The zero-order chi connectivity index (χ0) is 30.6. The van der Waals surface area contributed by atoms with Crippen LogP contribution in [0.25, 0.3) is 50.0 Å². The largest absolute Gasteiger partial charge is 0.453 e. The molecular formula is C39H24ClN5O. The molecule has 0 spiro atoms. The lowest BCUT2D eigenvalue weighted by Gasteiger charge is -2.31. The van der Waals surface area contributed by atoms with E-state index in [4.69, 9.17) is 26.3 Å². The zero-order valence-corrected chi connectivity index (χ0v) is 25.1. The van der Waals surface area contributed by atoms with Gasteiger partial charge in [0.15, 0.2) is 11.5 Å². The van der Waals surface area contributed by atoms with Crippen molar-refractivity contribution in [2.24, 2.45) is 0 Å². The molecule has 0 radical (unpaired) electrons. The third-order valence-corrected chi connectivity index (χ3v) is 8.57. The molecule has 7 heteroatoms. The zero-order valence-electron chi connectivity index (χ0n) is 24.4. The average Bonchev–Trinajstić information content (AvgIpc) is 3.44. The van der Waals surface area contributed by atoms with Gasteiger partial charge in [-0.25, -0.2) is 0 Å². The Hall–Kier alpha value is -5.98. The van der Waals surface area contributed by atoms with Crippen molar-refractivity contribution in [1.82, 2.24) is 19.5 Å². The van der Waals surface area contributed by atoms with Crippen LogP contribution in [0.5, 0.6) is 11.5 Å². The van der Waals surface area contributed by atoms with Crippen LogP contribution >= 0.6 is 11.6 Å². The number of aromatic nitrogens is 4. The van der Waals surface area contributed by atoms with Crippen LogP contribution in [-0.2, 0) is 0 Å². The summed E-state index contributed by atoms with van der Waals surface area (Å²) in [6.07, 6.45) is 0. The number of hydrogen-bond donors (Lipinski definition) is 0. The first-order chi connectivity index (χ1) is 22.7. The molecule has 0 unspecified atom stereocenters. The second-order valence-electron chi connectivity index (χ2n) is 11.1. The van der Waals surface area contributed by atoms with E-state index in [1.807, 2.05) is 65.6 Å². The topological polar surface area (TPSA) is 56.1 Å². The number of rotatable bonds is 4. The molecule has 0 fully saturated rings. The normalized spacial score (nSPS) is 12.2. The molecule has 0 amide bonds. The third-order valence-electron chi connectivity index (χ3n) is 8.40. The fraction of sp³-hybridized carbons (Fsp3) is 0. The number of fused-ring (bicyclic) bond motifs is 5. The molecule has 0 saturated carbocycles. The Morgan fingerprint density at radius 3 is 1.48 bits per heavy atom. The number of hydrogen-bond acceptors (Lipinski definition) is 5. The quantitative estimate of drug-likeness (QED) is 0.198. The molecule has 46 heavy (non-hydrogen) atoms. The van der Waals surface area contributed by atoms with Crippen LogP contribution in [0.1, 0.15) is 0 Å². The minimum Gasteiger partial charge on any atom is -0.453 e. The number of para-hydroxylation sites is 4. The van der Waals surface area contributed by atoms with E-state index < -0.39 is 0 Å². The molecule has 8 aromatic rings. The molecular weight excluding hydrogens is 590 g/mol. The van der Waals surface area contributed by atoms with Gasteiger partial charge in [-0.1, -0.05) is 97.1 Å². The van der Waals surface area contributed by atoms with E-state index in [2.05, 4.69) is 94.5 Å². The van der Waals surface area contributed by atoms with E-state index in [1.54, 1.807) is 0 Å². The molecule has 0 N–H and O–H groups in total. The molecule has 0 bridgehead atoms. The first-order valence-electron chi connectivity index (χ1n) is 15.0. The lowest BCUT2D eigenvalue weighted by molar-refractivity contribution is 0.476. The Kier molecular flexibility index (Phi) is 6.08. The van der Waals surface area contributed by atoms with Crippen LogP contribution < -0.4 is 9.64 Å². The molecule has 9 rings (SSSR count). The van der Waals surface area contributed by atoms with Crippen molar-refractivity contribution < 1.29 is 4.74 Å². The minimum absolute atomic E-state index is 0.0956. The molecule has 3 heterocycles. The second-order valence-corrected chi connectivity index (χ2v) is 11.4. The summed E-state index contributed by atoms with van der Waals surface area (Å²) < 4.78 is 8.29. The van der Waals surface area contributed by atoms with Gasteiger partial charge in [0.2, 0.25) is 17.2 Å². The van der Waals surface area contributed by atoms with E-state index in [1.165, 1.54) is 0 Å². The van der Waals surface area contributed by atoms with Crippen LogP contribution in [0.4, 0.5) is 17.3 Å². The lowest BCUT2D eigenvalue weighted by Crippen LogP contribution is -2.19. The summed E-state index contributed by atoms with van der Waals surface area (Å²) in [5, 5.41) is 2.28. The Morgan fingerprint density at radius 2 is 0.935 bits per heavy atom. The Morgan fingerprint density at radius 1 is 0.457 bits per heavy atom. The Balaban J connectivity index is 1.29. The summed E-state index contributed by atoms with van der Waals surface area (Å²) in [5.41, 5.74) is 8.14. The molecule has 6 nitrogen and oxygen atoms in total. The Bertz CT molecular complexity index is 2280. The summed E-state index contributed by atoms with van der Waals surface area (Å²) >= 11 is 6.72. The maximum Gasteiger partial charge on any atom is 0.241 e.